The molecular weight excluding hydrogens is 176 g/mol. The lowest BCUT2D eigenvalue weighted by atomic mass is 10.0. The molecule has 2 bridgehead atoms. The van der Waals surface area contributed by atoms with Crippen molar-refractivity contribution < 1.29 is 4.84 Å². The predicted octanol–water partition coefficient (Wildman–Crippen LogP) is 0.884. The number of hydrogen-bond acceptors (Lipinski definition) is 3. The first-order chi connectivity index (χ1) is 6.90. The van der Waals surface area contributed by atoms with Crippen molar-refractivity contribution in [1.29, 1.82) is 0 Å². The van der Waals surface area contributed by atoms with Crippen molar-refractivity contribution in [1.82, 2.24) is 4.90 Å². The van der Waals surface area contributed by atoms with Gasteiger partial charge in [-0.1, -0.05) is 11.1 Å². The van der Waals surface area contributed by atoms with Crippen LogP contribution in [0.15, 0.2) is 17.3 Å². The van der Waals surface area contributed by atoms with E-state index < -0.39 is 0 Å². The second-order valence-electron chi connectivity index (χ2n) is 3.67. The van der Waals surface area contributed by atoms with Gasteiger partial charge in [-0.3, -0.25) is 4.90 Å². The monoisotopic (exact) mass is 190 g/mol. The van der Waals surface area contributed by atoms with Crippen LogP contribution >= 0.6 is 0 Å². The van der Waals surface area contributed by atoms with E-state index in [2.05, 4.69) is 16.0 Å². The molecule has 2 atom stereocenters. The average Bonchev–Trinajstić information content (AvgIpc) is 2.79. The smallest absolute Gasteiger partial charge is 0.136 e. The lowest BCUT2D eigenvalue weighted by Gasteiger charge is -2.12. The molecule has 0 spiro atoms. The molecule has 0 aromatic rings. The first-order valence-corrected chi connectivity index (χ1v) is 4.92. The maximum absolute atomic E-state index is 5.15. The van der Waals surface area contributed by atoms with E-state index in [0.29, 0.717) is 12.5 Å². The second kappa shape index (κ2) is 4.30. The molecule has 2 saturated heterocycles. The van der Waals surface area contributed by atoms with E-state index in [4.69, 9.17) is 11.3 Å². The van der Waals surface area contributed by atoms with E-state index in [1.54, 1.807) is 12.2 Å². The van der Waals surface area contributed by atoms with Gasteiger partial charge >= 0.3 is 0 Å². The molecule has 2 unspecified atom stereocenters. The minimum absolute atomic E-state index is 0.473. The lowest BCUT2D eigenvalue weighted by molar-refractivity contribution is 0.172. The third-order valence-corrected chi connectivity index (χ3v) is 2.70. The predicted molar refractivity (Wildman–Crippen MR) is 55.9 cm³/mol. The zero-order valence-electron chi connectivity index (χ0n) is 8.15. The molecule has 0 N–H and O–H groups in total. The maximum Gasteiger partial charge on any atom is 0.136 e. The van der Waals surface area contributed by atoms with Gasteiger partial charge in [-0.25, -0.2) is 0 Å². The van der Waals surface area contributed by atoms with Crippen LogP contribution in [0.1, 0.15) is 6.42 Å². The normalized spacial score (nSPS) is 32.6. The molecule has 3 nitrogen and oxygen atoms in total. The molecule has 0 radical (unpaired) electrons. The molecule has 0 aromatic heterocycles. The summed E-state index contributed by atoms with van der Waals surface area (Å²) in [6.07, 6.45) is 9.70. The average molecular weight is 190 g/mol. The maximum atomic E-state index is 5.15. The van der Waals surface area contributed by atoms with E-state index >= 15 is 0 Å². The van der Waals surface area contributed by atoms with Gasteiger partial charge in [0, 0.05) is 19.0 Å². The largest absolute Gasteiger partial charge is 0.392 e. The molecule has 0 amide bonds. The number of nitrogens with zero attached hydrogens (tertiary/aromatic N) is 2. The van der Waals surface area contributed by atoms with Crippen LogP contribution in [0, 0.1) is 18.3 Å². The molecule has 2 rings (SSSR count). The Hall–Kier alpha value is -1.27. The van der Waals surface area contributed by atoms with E-state index in [0.717, 1.165) is 6.54 Å². The summed E-state index contributed by atoms with van der Waals surface area (Å²) in [4.78, 5) is 7.56. The molecule has 2 aliphatic heterocycles. The van der Waals surface area contributed by atoms with Crippen LogP contribution < -0.4 is 0 Å². The topological polar surface area (TPSA) is 24.8 Å². The third kappa shape index (κ3) is 1.97. The highest BCUT2D eigenvalue weighted by Crippen LogP contribution is 2.25. The first-order valence-electron chi connectivity index (χ1n) is 4.92. The van der Waals surface area contributed by atoms with Crippen LogP contribution in [-0.4, -0.2) is 36.9 Å². The van der Waals surface area contributed by atoms with Gasteiger partial charge in [-0.15, -0.1) is 6.42 Å². The summed E-state index contributed by atoms with van der Waals surface area (Å²) in [6, 6.07) is 0. The van der Waals surface area contributed by atoms with Crippen molar-refractivity contribution in [2.75, 3.05) is 26.2 Å². The second-order valence-corrected chi connectivity index (χ2v) is 3.67. The van der Waals surface area contributed by atoms with Crippen molar-refractivity contribution in [3.63, 3.8) is 0 Å². The summed E-state index contributed by atoms with van der Waals surface area (Å²) in [5, 5.41) is 4.13. The minimum Gasteiger partial charge on any atom is -0.392 e. The lowest BCUT2D eigenvalue weighted by Crippen LogP contribution is -2.23. The molecule has 0 aromatic carbocycles. The van der Waals surface area contributed by atoms with E-state index in [9.17, 15) is 0 Å². The Balaban J connectivity index is 1.77. The van der Waals surface area contributed by atoms with Gasteiger partial charge in [0.05, 0.1) is 5.71 Å². The number of fused-ring (bicyclic) bond motifs is 2. The van der Waals surface area contributed by atoms with Gasteiger partial charge < -0.3 is 4.84 Å². The fourth-order valence-corrected chi connectivity index (χ4v) is 1.99. The van der Waals surface area contributed by atoms with Crippen molar-refractivity contribution in [2.45, 2.75) is 6.42 Å². The Morgan fingerprint density at radius 1 is 1.71 bits per heavy atom. The molecule has 2 heterocycles. The van der Waals surface area contributed by atoms with Gasteiger partial charge in [0.1, 0.15) is 6.61 Å². The van der Waals surface area contributed by atoms with Crippen LogP contribution in [0.5, 0.6) is 0 Å². The summed E-state index contributed by atoms with van der Waals surface area (Å²) in [7, 11) is 0. The van der Waals surface area contributed by atoms with Gasteiger partial charge in [0.25, 0.3) is 0 Å². The Kier molecular flexibility index (Phi) is 2.85. The third-order valence-electron chi connectivity index (χ3n) is 2.70. The molecule has 0 saturated carbocycles. The van der Waals surface area contributed by atoms with Crippen molar-refractivity contribution in [2.24, 2.45) is 11.1 Å². The van der Waals surface area contributed by atoms with Crippen LogP contribution in [0.2, 0.25) is 0 Å². The number of allylic oxidation sites excluding steroid dienone is 1. The molecule has 2 aliphatic rings. The van der Waals surface area contributed by atoms with Crippen LogP contribution in [0.25, 0.3) is 0 Å². The number of terminal acetylenes is 1. The first kappa shape index (κ1) is 9.29. The summed E-state index contributed by atoms with van der Waals surface area (Å²) in [5.41, 5.74) is 1.20. The minimum atomic E-state index is 0.473. The van der Waals surface area contributed by atoms with Gasteiger partial charge in [-0.05, 0) is 25.1 Å². The highest BCUT2D eigenvalue weighted by Gasteiger charge is 2.35. The fourth-order valence-electron chi connectivity index (χ4n) is 1.99. The summed E-state index contributed by atoms with van der Waals surface area (Å²) in [6.45, 7) is 3.85. The summed E-state index contributed by atoms with van der Waals surface area (Å²) < 4.78 is 0. The molecule has 3 heteroatoms. The van der Waals surface area contributed by atoms with Gasteiger partial charge in [0.15, 0.2) is 0 Å². The van der Waals surface area contributed by atoms with Crippen LogP contribution in [0.3, 0.4) is 0 Å². The van der Waals surface area contributed by atoms with Gasteiger partial charge in [-0.2, -0.15) is 0 Å². The Labute approximate surface area is 84.4 Å². The van der Waals surface area contributed by atoms with E-state index in [-0.39, 0.29) is 0 Å². The van der Waals surface area contributed by atoms with Crippen molar-refractivity contribution >= 4 is 5.71 Å². The van der Waals surface area contributed by atoms with Crippen molar-refractivity contribution in [3.05, 3.63) is 12.2 Å². The SMILES string of the molecule is C#C/C=C/CO/N=C1\CN2CCC1C2. The zero-order valence-corrected chi connectivity index (χ0v) is 8.15. The molecule has 74 valence electrons. The molecular formula is C11H14N2O. The van der Waals surface area contributed by atoms with Crippen molar-refractivity contribution in [3.8, 4) is 12.3 Å². The van der Waals surface area contributed by atoms with E-state index in [1.807, 2.05) is 0 Å². The van der Waals surface area contributed by atoms with Crippen LogP contribution in [-0.2, 0) is 4.84 Å². The fraction of sp³-hybridized carbons (Fsp3) is 0.545. The number of oxime groups is 1. The molecule has 0 aliphatic carbocycles. The Morgan fingerprint density at radius 2 is 2.64 bits per heavy atom. The number of hydrogen-bond donors (Lipinski definition) is 0. The molecule has 14 heavy (non-hydrogen) atoms. The Morgan fingerprint density at radius 3 is 3.29 bits per heavy atom. The quantitative estimate of drug-likeness (QED) is 0.375. The number of rotatable bonds is 3. The summed E-state index contributed by atoms with van der Waals surface area (Å²) >= 11 is 0. The van der Waals surface area contributed by atoms with E-state index in [1.165, 1.54) is 25.2 Å². The van der Waals surface area contributed by atoms with Crippen LogP contribution in [0.4, 0.5) is 0 Å². The zero-order chi connectivity index (χ0) is 9.80. The summed E-state index contributed by atoms with van der Waals surface area (Å²) in [5.74, 6) is 3.05. The molecule has 2 fully saturated rings. The standard InChI is InChI=1S/C11H14N2O/c1-2-3-4-7-14-12-11-9-13-6-5-10(11)8-13/h1,3-4,10H,5-9H2/b4-3+,12-11+. The Bertz CT molecular complexity index is 301. The van der Waals surface area contributed by atoms with Gasteiger partial charge in [0.2, 0.25) is 0 Å². The number of piperidine rings is 1. The highest BCUT2D eigenvalue weighted by atomic mass is 16.6. The highest BCUT2D eigenvalue weighted by molar-refractivity contribution is 5.91.